The van der Waals surface area contributed by atoms with Gasteiger partial charge < -0.3 is 40.3 Å². The van der Waals surface area contributed by atoms with Crippen molar-refractivity contribution in [1.29, 1.82) is 0 Å². The Morgan fingerprint density at radius 1 is 0.541 bits per heavy atom. The summed E-state index contributed by atoms with van der Waals surface area (Å²) >= 11 is 0. The SMILES string of the molecule is CCCCCCC/C=C\CCCCCCCC(=O)NC(COC1OC(CO)C(O)C(O)C1O)C(O)/C=C/CC/C=C/CC/C=C/CCCCCCCCCCCCCCCC. The minimum absolute atomic E-state index is 0.201. The summed E-state index contributed by atoms with van der Waals surface area (Å²) in [5, 5.41) is 54.2. The Balaban J connectivity index is 2.33. The number of ether oxygens (including phenoxy) is 2. The molecule has 9 heteroatoms. The predicted octanol–water partition coefficient (Wildman–Crippen LogP) is 11.4. The molecule has 1 rings (SSSR count). The first-order chi connectivity index (χ1) is 29.8. The maximum Gasteiger partial charge on any atom is 0.220 e. The van der Waals surface area contributed by atoms with E-state index in [-0.39, 0.29) is 12.5 Å². The summed E-state index contributed by atoms with van der Waals surface area (Å²) < 4.78 is 11.2. The Morgan fingerprint density at radius 2 is 0.934 bits per heavy atom. The lowest BCUT2D eigenvalue weighted by Gasteiger charge is -2.40. The fourth-order valence-corrected chi connectivity index (χ4v) is 7.77. The Kier molecular flexibility index (Phi) is 39.5. The summed E-state index contributed by atoms with van der Waals surface area (Å²) in [6.45, 7) is 3.74. The number of allylic oxidation sites excluding steroid dienone is 7. The summed E-state index contributed by atoms with van der Waals surface area (Å²) in [6, 6.07) is -0.832. The molecule has 1 amide bonds. The number of amides is 1. The van der Waals surface area contributed by atoms with Gasteiger partial charge in [-0.2, -0.15) is 0 Å². The summed E-state index contributed by atoms with van der Waals surface area (Å²) in [4.78, 5) is 13.0. The van der Waals surface area contributed by atoms with Crippen molar-refractivity contribution >= 4 is 5.91 Å². The van der Waals surface area contributed by atoms with E-state index in [1.54, 1.807) is 6.08 Å². The molecule has 1 aliphatic heterocycles. The van der Waals surface area contributed by atoms with E-state index in [0.717, 1.165) is 64.2 Å². The molecule has 0 aromatic carbocycles. The standard InChI is InChI=1S/C52H95NO8/c1-3-5-7-9-11-13-15-17-19-20-21-22-23-24-25-26-27-28-29-31-33-35-37-39-41-46(55)45(44-60-52-51(59)50(58)49(57)47(43-54)61-52)53-48(56)42-40-38-36-34-32-30-18-16-14-12-10-8-6-4-2/h16,18,26-27,31,33,39,41,45-47,49-52,54-55,57-59H,3-15,17,19-25,28-30,32,34-38,40,42-44H2,1-2H3,(H,53,56)/b18-16-,27-26+,33-31+,41-39+. The molecule has 1 saturated heterocycles. The first-order valence-corrected chi connectivity index (χ1v) is 25.4. The fourth-order valence-electron chi connectivity index (χ4n) is 7.77. The lowest BCUT2D eigenvalue weighted by atomic mass is 9.99. The van der Waals surface area contributed by atoms with Crippen molar-refractivity contribution in [2.45, 2.75) is 262 Å². The zero-order valence-electron chi connectivity index (χ0n) is 39.2. The van der Waals surface area contributed by atoms with Crippen LogP contribution in [0, 0.1) is 0 Å². The number of aliphatic hydroxyl groups excluding tert-OH is 5. The first kappa shape index (κ1) is 57.2. The molecule has 0 spiro atoms. The van der Waals surface area contributed by atoms with E-state index < -0.39 is 49.5 Å². The second-order valence-corrected chi connectivity index (χ2v) is 17.6. The highest BCUT2D eigenvalue weighted by Gasteiger charge is 2.44. The molecule has 61 heavy (non-hydrogen) atoms. The first-order valence-electron chi connectivity index (χ1n) is 25.4. The molecule has 0 bridgehead atoms. The normalized spacial score (nSPS) is 20.8. The molecule has 0 saturated carbocycles. The monoisotopic (exact) mass is 862 g/mol. The molecule has 0 aromatic heterocycles. The van der Waals surface area contributed by atoms with E-state index in [1.807, 2.05) is 6.08 Å². The highest BCUT2D eigenvalue weighted by molar-refractivity contribution is 5.76. The van der Waals surface area contributed by atoms with Crippen molar-refractivity contribution in [1.82, 2.24) is 5.32 Å². The van der Waals surface area contributed by atoms with E-state index in [1.165, 1.54) is 135 Å². The molecule has 1 fully saturated rings. The average molecular weight is 862 g/mol. The van der Waals surface area contributed by atoms with Gasteiger partial charge in [0.1, 0.15) is 24.4 Å². The third kappa shape index (κ3) is 32.5. The van der Waals surface area contributed by atoms with Gasteiger partial charge in [0.25, 0.3) is 0 Å². The smallest absolute Gasteiger partial charge is 0.220 e. The second kappa shape index (κ2) is 42.1. The van der Waals surface area contributed by atoms with Crippen molar-refractivity contribution in [3.63, 3.8) is 0 Å². The minimum Gasteiger partial charge on any atom is -0.394 e. The number of carbonyl (C=O) groups is 1. The van der Waals surface area contributed by atoms with Gasteiger partial charge in [-0.25, -0.2) is 0 Å². The number of aliphatic hydroxyl groups is 5. The maximum atomic E-state index is 13.0. The van der Waals surface area contributed by atoms with Gasteiger partial charge in [0.05, 0.1) is 25.4 Å². The van der Waals surface area contributed by atoms with Crippen LogP contribution in [0.4, 0.5) is 0 Å². The summed E-state index contributed by atoms with van der Waals surface area (Å²) in [7, 11) is 0. The van der Waals surface area contributed by atoms with E-state index >= 15 is 0 Å². The molecule has 7 atom stereocenters. The molecule has 0 aliphatic carbocycles. The third-order valence-corrected chi connectivity index (χ3v) is 11.9. The maximum absolute atomic E-state index is 13.0. The highest BCUT2D eigenvalue weighted by atomic mass is 16.7. The van der Waals surface area contributed by atoms with Crippen LogP contribution < -0.4 is 5.32 Å². The van der Waals surface area contributed by atoms with Gasteiger partial charge in [0, 0.05) is 6.42 Å². The molecule has 1 aliphatic rings. The molecule has 356 valence electrons. The zero-order chi connectivity index (χ0) is 44.4. The number of hydrogen-bond acceptors (Lipinski definition) is 8. The number of hydrogen-bond donors (Lipinski definition) is 6. The summed E-state index contributed by atoms with van der Waals surface area (Å²) in [5.74, 6) is -0.201. The third-order valence-electron chi connectivity index (χ3n) is 11.9. The average Bonchev–Trinajstić information content (AvgIpc) is 3.26. The summed E-state index contributed by atoms with van der Waals surface area (Å²) in [6.07, 6.45) is 47.4. The number of nitrogens with one attached hydrogen (secondary N) is 1. The van der Waals surface area contributed by atoms with E-state index in [2.05, 4.69) is 55.6 Å². The van der Waals surface area contributed by atoms with Crippen LogP contribution in [0.3, 0.4) is 0 Å². The lowest BCUT2D eigenvalue weighted by Crippen LogP contribution is -2.60. The van der Waals surface area contributed by atoms with E-state index in [9.17, 15) is 30.3 Å². The van der Waals surface area contributed by atoms with Gasteiger partial charge in [-0.3, -0.25) is 4.79 Å². The van der Waals surface area contributed by atoms with E-state index in [0.29, 0.717) is 6.42 Å². The Bertz CT molecular complexity index is 1090. The van der Waals surface area contributed by atoms with Gasteiger partial charge in [-0.05, 0) is 70.6 Å². The van der Waals surface area contributed by atoms with Gasteiger partial charge >= 0.3 is 0 Å². The quantitative estimate of drug-likeness (QED) is 0.0262. The highest BCUT2D eigenvalue weighted by Crippen LogP contribution is 2.22. The van der Waals surface area contributed by atoms with Crippen LogP contribution in [-0.4, -0.2) is 87.5 Å². The Morgan fingerprint density at radius 3 is 1.38 bits per heavy atom. The van der Waals surface area contributed by atoms with Crippen molar-refractivity contribution in [2.24, 2.45) is 0 Å². The van der Waals surface area contributed by atoms with Crippen molar-refractivity contribution in [2.75, 3.05) is 13.2 Å². The largest absolute Gasteiger partial charge is 0.394 e. The molecule has 0 aromatic rings. The Labute approximate surface area is 373 Å². The lowest BCUT2D eigenvalue weighted by molar-refractivity contribution is -0.302. The second-order valence-electron chi connectivity index (χ2n) is 17.6. The number of rotatable bonds is 42. The topological polar surface area (TPSA) is 149 Å². The Hall–Kier alpha value is -1.85. The molecular weight excluding hydrogens is 767 g/mol. The van der Waals surface area contributed by atoms with E-state index in [4.69, 9.17) is 9.47 Å². The predicted molar refractivity (Wildman–Crippen MR) is 253 cm³/mol. The number of unbranched alkanes of at least 4 members (excludes halogenated alkanes) is 26. The van der Waals surface area contributed by atoms with Crippen molar-refractivity contribution < 1.29 is 39.8 Å². The van der Waals surface area contributed by atoms with Crippen LogP contribution in [-0.2, 0) is 14.3 Å². The van der Waals surface area contributed by atoms with Crippen LogP contribution in [0.25, 0.3) is 0 Å². The van der Waals surface area contributed by atoms with Gasteiger partial charge in [-0.1, -0.05) is 191 Å². The van der Waals surface area contributed by atoms with Crippen molar-refractivity contribution in [3.05, 3.63) is 48.6 Å². The molecule has 1 heterocycles. The molecule has 0 radical (unpaired) electrons. The zero-order valence-corrected chi connectivity index (χ0v) is 39.2. The van der Waals surface area contributed by atoms with Crippen LogP contribution in [0.1, 0.15) is 219 Å². The molecule has 6 N–H and O–H groups in total. The fraction of sp³-hybridized carbons (Fsp3) is 0.827. The van der Waals surface area contributed by atoms with Gasteiger partial charge in [-0.15, -0.1) is 0 Å². The van der Waals surface area contributed by atoms with Crippen LogP contribution in [0.5, 0.6) is 0 Å². The molecule has 9 nitrogen and oxygen atoms in total. The van der Waals surface area contributed by atoms with Gasteiger partial charge in [0.2, 0.25) is 5.91 Å². The van der Waals surface area contributed by atoms with Crippen LogP contribution in [0.15, 0.2) is 48.6 Å². The van der Waals surface area contributed by atoms with Crippen LogP contribution >= 0.6 is 0 Å². The molecule has 7 unspecified atom stereocenters. The van der Waals surface area contributed by atoms with Crippen molar-refractivity contribution in [3.8, 4) is 0 Å². The van der Waals surface area contributed by atoms with Gasteiger partial charge in [0.15, 0.2) is 6.29 Å². The minimum atomic E-state index is -1.58. The molecular formula is C52H95NO8. The number of carbonyl (C=O) groups excluding carboxylic acids is 1. The van der Waals surface area contributed by atoms with Crippen LogP contribution in [0.2, 0.25) is 0 Å². The summed E-state index contributed by atoms with van der Waals surface area (Å²) in [5.41, 5.74) is 0.